The molecule has 0 atom stereocenters. The highest BCUT2D eigenvalue weighted by Crippen LogP contribution is 2.31. The predicted octanol–water partition coefficient (Wildman–Crippen LogP) is 5.41. The number of nitrogens with zero attached hydrogens (tertiary/aromatic N) is 5. The van der Waals surface area contributed by atoms with E-state index in [9.17, 15) is 8.78 Å². The molecule has 35 heavy (non-hydrogen) atoms. The number of rotatable bonds is 6. The van der Waals surface area contributed by atoms with Gasteiger partial charge in [-0.3, -0.25) is 9.88 Å². The van der Waals surface area contributed by atoms with Gasteiger partial charge in [-0.25, -0.2) is 13.5 Å². The minimum Gasteiger partial charge on any atom is -0.306 e. The molecule has 5 nitrogen and oxygen atoms in total. The molecule has 180 valence electrons. The largest absolute Gasteiger partial charge is 0.306 e. The fraction of sp³-hybridized carbons (Fsp3) is 0.286. The van der Waals surface area contributed by atoms with Crippen LogP contribution in [0.25, 0.3) is 28.2 Å². The number of aromatic nitrogens is 3. The quantitative estimate of drug-likeness (QED) is 0.376. The van der Waals surface area contributed by atoms with E-state index < -0.39 is 0 Å². The van der Waals surface area contributed by atoms with Gasteiger partial charge in [0.05, 0.1) is 29.5 Å². The van der Waals surface area contributed by atoms with Crippen molar-refractivity contribution in [3.63, 3.8) is 0 Å². The van der Waals surface area contributed by atoms with E-state index >= 15 is 0 Å². The number of pyridine rings is 1. The van der Waals surface area contributed by atoms with E-state index in [0.717, 1.165) is 54.1 Å². The summed E-state index contributed by atoms with van der Waals surface area (Å²) in [6, 6.07) is 17.3. The van der Waals surface area contributed by atoms with E-state index in [1.165, 1.54) is 18.2 Å². The third kappa shape index (κ3) is 5.01. The molecule has 0 N–H and O–H groups in total. The molecule has 0 saturated carbocycles. The molecule has 1 saturated heterocycles. The Kier molecular flexibility index (Phi) is 6.70. The molecule has 0 bridgehead atoms. The Bertz CT molecular complexity index is 1280. The first-order chi connectivity index (χ1) is 17.0. The first kappa shape index (κ1) is 23.3. The van der Waals surface area contributed by atoms with Gasteiger partial charge in [0.25, 0.3) is 0 Å². The fourth-order valence-corrected chi connectivity index (χ4v) is 4.77. The number of likely N-dealkylation sites (tertiary alicyclic amines) is 1. The average Bonchev–Trinajstić information content (AvgIpc) is 3.28. The molecule has 0 unspecified atom stereocenters. The molecule has 4 aromatic rings. The molecule has 2 aromatic carbocycles. The molecule has 5 rings (SSSR count). The highest BCUT2D eigenvalue weighted by Gasteiger charge is 2.24. The Hall–Kier alpha value is -3.42. The molecule has 0 amide bonds. The van der Waals surface area contributed by atoms with Crippen molar-refractivity contribution in [1.29, 1.82) is 0 Å². The summed E-state index contributed by atoms with van der Waals surface area (Å²) >= 11 is 0. The number of benzene rings is 2. The zero-order valence-corrected chi connectivity index (χ0v) is 20.0. The van der Waals surface area contributed by atoms with Crippen molar-refractivity contribution in [3.8, 4) is 28.2 Å². The Labute approximate surface area is 204 Å². The van der Waals surface area contributed by atoms with Gasteiger partial charge in [-0.2, -0.15) is 5.10 Å². The van der Waals surface area contributed by atoms with Crippen molar-refractivity contribution in [2.45, 2.75) is 25.4 Å². The van der Waals surface area contributed by atoms with Crippen molar-refractivity contribution in [2.24, 2.45) is 0 Å². The molecule has 0 aliphatic carbocycles. The van der Waals surface area contributed by atoms with Crippen molar-refractivity contribution < 1.29 is 8.78 Å². The minimum absolute atomic E-state index is 0.283. The SMILES string of the molecule is CN1CCC(N(C)Cc2cnn(-c3ccc(-c4ccc(F)cc4)nc3)c2-c2ccccc2F)CC1. The Morgan fingerprint density at radius 1 is 0.943 bits per heavy atom. The number of halogens is 2. The van der Waals surface area contributed by atoms with Crippen LogP contribution in [0.3, 0.4) is 0 Å². The molecule has 0 radical (unpaired) electrons. The second-order valence-corrected chi connectivity index (χ2v) is 9.27. The second-order valence-electron chi connectivity index (χ2n) is 9.27. The maximum Gasteiger partial charge on any atom is 0.132 e. The van der Waals surface area contributed by atoms with Crippen LogP contribution in [0, 0.1) is 11.6 Å². The summed E-state index contributed by atoms with van der Waals surface area (Å²) in [5.41, 5.74) is 4.52. The maximum atomic E-state index is 15.0. The van der Waals surface area contributed by atoms with Crippen LogP contribution in [0.5, 0.6) is 0 Å². The Balaban J connectivity index is 1.48. The first-order valence-electron chi connectivity index (χ1n) is 11.9. The van der Waals surface area contributed by atoms with E-state index in [0.29, 0.717) is 18.2 Å². The third-order valence-electron chi connectivity index (χ3n) is 6.84. The van der Waals surface area contributed by atoms with E-state index in [1.807, 2.05) is 24.4 Å². The smallest absolute Gasteiger partial charge is 0.132 e. The predicted molar refractivity (Wildman–Crippen MR) is 134 cm³/mol. The van der Waals surface area contributed by atoms with Gasteiger partial charge in [-0.05, 0) is 88.6 Å². The van der Waals surface area contributed by atoms with E-state index in [4.69, 9.17) is 0 Å². The summed E-state index contributed by atoms with van der Waals surface area (Å²) < 4.78 is 30.0. The van der Waals surface area contributed by atoms with Crippen LogP contribution >= 0.6 is 0 Å². The van der Waals surface area contributed by atoms with Gasteiger partial charge in [-0.1, -0.05) is 12.1 Å². The van der Waals surface area contributed by atoms with Crippen molar-refractivity contribution >= 4 is 0 Å². The molecular formula is C28H29F2N5. The number of hydrogen-bond donors (Lipinski definition) is 0. The summed E-state index contributed by atoms with van der Waals surface area (Å²) in [6.45, 7) is 2.85. The Morgan fingerprint density at radius 2 is 1.69 bits per heavy atom. The lowest BCUT2D eigenvalue weighted by atomic mass is 10.0. The zero-order chi connectivity index (χ0) is 24.4. The summed E-state index contributed by atoms with van der Waals surface area (Å²) in [6.07, 6.45) is 5.79. The first-order valence-corrected chi connectivity index (χ1v) is 11.9. The molecule has 1 aliphatic heterocycles. The van der Waals surface area contributed by atoms with Gasteiger partial charge in [0.15, 0.2) is 0 Å². The molecular weight excluding hydrogens is 444 g/mol. The fourth-order valence-electron chi connectivity index (χ4n) is 4.77. The summed E-state index contributed by atoms with van der Waals surface area (Å²) in [4.78, 5) is 9.28. The molecule has 2 aromatic heterocycles. The summed E-state index contributed by atoms with van der Waals surface area (Å²) in [7, 11) is 4.30. The van der Waals surface area contributed by atoms with Crippen LogP contribution in [-0.4, -0.2) is 57.8 Å². The molecule has 3 heterocycles. The van der Waals surface area contributed by atoms with Crippen LogP contribution in [-0.2, 0) is 6.54 Å². The van der Waals surface area contributed by atoms with Gasteiger partial charge in [0, 0.05) is 29.3 Å². The lowest BCUT2D eigenvalue weighted by Gasteiger charge is -2.35. The van der Waals surface area contributed by atoms with Crippen molar-refractivity contribution in [1.82, 2.24) is 24.6 Å². The van der Waals surface area contributed by atoms with Gasteiger partial charge >= 0.3 is 0 Å². The van der Waals surface area contributed by atoms with Crippen LogP contribution in [0.15, 0.2) is 73.1 Å². The monoisotopic (exact) mass is 473 g/mol. The molecule has 1 aliphatic rings. The van der Waals surface area contributed by atoms with Crippen molar-refractivity contribution in [2.75, 3.05) is 27.2 Å². The van der Waals surface area contributed by atoms with Crippen LogP contribution in [0.1, 0.15) is 18.4 Å². The van der Waals surface area contributed by atoms with Gasteiger partial charge < -0.3 is 4.90 Å². The van der Waals surface area contributed by atoms with E-state index in [2.05, 4.69) is 34.0 Å². The average molecular weight is 474 g/mol. The molecule has 1 fully saturated rings. The number of hydrogen-bond acceptors (Lipinski definition) is 4. The minimum atomic E-state index is -0.284. The number of piperidine rings is 1. The maximum absolute atomic E-state index is 15.0. The second kappa shape index (κ2) is 10.1. The van der Waals surface area contributed by atoms with Crippen LogP contribution in [0.2, 0.25) is 0 Å². The highest BCUT2D eigenvalue weighted by atomic mass is 19.1. The normalized spacial score (nSPS) is 15.1. The topological polar surface area (TPSA) is 37.2 Å². The van der Waals surface area contributed by atoms with Gasteiger partial charge in [0.1, 0.15) is 11.6 Å². The lowest BCUT2D eigenvalue weighted by Crippen LogP contribution is -2.41. The third-order valence-corrected chi connectivity index (χ3v) is 6.84. The van der Waals surface area contributed by atoms with E-state index in [1.54, 1.807) is 35.1 Å². The van der Waals surface area contributed by atoms with Gasteiger partial charge in [-0.15, -0.1) is 0 Å². The Morgan fingerprint density at radius 3 is 2.37 bits per heavy atom. The zero-order valence-electron chi connectivity index (χ0n) is 20.0. The molecule has 0 spiro atoms. The summed E-state index contributed by atoms with van der Waals surface area (Å²) in [5, 5.41) is 4.65. The summed E-state index contributed by atoms with van der Waals surface area (Å²) in [5.74, 6) is -0.567. The standard InChI is InChI=1S/C28H29F2N5/c1-33-15-13-23(14-16-33)34(2)19-21-17-32-35(28(21)25-5-3-4-6-26(25)30)24-11-12-27(31-18-24)20-7-9-22(29)10-8-20/h3-12,17-18,23H,13-16,19H2,1-2H3. The van der Waals surface area contributed by atoms with Gasteiger partial charge in [0.2, 0.25) is 0 Å². The van der Waals surface area contributed by atoms with Crippen LogP contribution in [0.4, 0.5) is 8.78 Å². The highest BCUT2D eigenvalue weighted by molar-refractivity contribution is 5.67. The molecule has 7 heteroatoms. The van der Waals surface area contributed by atoms with E-state index in [-0.39, 0.29) is 11.6 Å². The lowest BCUT2D eigenvalue weighted by molar-refractivity contribution is 0.139. The van der Waals surface area contributed by atoms with Crippen LogP contribution < -0.4 is 0 Å². The van der Waals surface area contributed by atoms with Crippen molar-refractivity contribution in [3.05, 3.63) is 90.3 Å².